The second-order valence-corrected chi connectivity index (χ2v) is 11.4. The van der Waals surface area contributed by atoms with E-state index < -0.39 is 40.2 Å². The highest BCUT2D eigenvalue weighted by Crippen LogP contribution is 2.28. The van der Waals surface area contributed by atoms with Crippen LogP contribution in [0.4, 0.5) is 10.1 Å². The highest BCUT2D eigenvalue weighted by molar-refractivity contribution is 7.92. The number of carbonyl (C=O) groups is 2. The number of likely N-dealkylation sites (N-methyl/N-ethyl adjacent to an activating group) is 1. The Bertz CT molecular complexity index is 1440. The minimum Gasteiger partial charge on any atom is -0.494 e. The molecule has 0 spiro atoms. The number of nitrogens with zero attached hydrogens (tertiary/aromatic N) is 2. The van der Waals surface area contributed by atoms with E-state index in [1.807, 2.05) is 6.92 Å². The quantitative estimate of drug-likeness (QED) is 0.301. The van der Waals surface area contributed by atoms with Gasteiger partial charge in [-0.15, -0.1) is 0 Å². The number of sulfonamides is 1. The predicted octanol–water partition coefficient (Wildman–Crippen LogP) is 5.28. The van der Waals surface area contributed by atoms with Crippen molar-refractivity contribution in [1.82, 2.24) is 10.2 Å². The van der Waals surface area contributed by atoms with Crippen molar-refractivity contribution in [3.63, 3.8) is 0 Å². The van der Waals surface area contributed by atoms with Gasteiger partial charge in [-0.25, -0.2) is 12.8 Å². The molecule has 0 saturated heterocycles. The summed E-state index contributed by atoms with van der Waals surface area (Å²) in [5.41, 5.74) is 0.695. The molecule has 0 radical (unpaired) electrons. The van der Waals surface area contributed by atoms with Crippen LogP contribution in [0.2, 0.25) is 10.0 Å². The molecular formula is C28H30Cl2FN3O5S. The molecule has 1 N–H and O–H groups in total. The summed E-state index contributed by atoms with van der Waals surface area (Å²) < 4.78 is 47.5. The van der Waals surface area contributed by atoms with Crippen molar-refractivity contribution >= 4 is 50.7 Å². The van der Waals surface area contributed by atoms with Crippen molar-refractivity contribution in [2.75, 3.05) is 24.0 Å². The van der Waals surface area contributed by atoms with Gasteiger partial charge in [0.05, 0.1) is 17.2 Å². The molecule has 3 aromatic carbocycles. The van der Waals surface area contributed by atoms with Crippen LogP contribution in [0.15, 0.2) is 71.6 Å². The van der Waals surface area contributed by atoms with Crippen molar-refractivity contribution in [3.8, 4) is 5.75 Å². The summed E-state index contributed by atoms with van der Waals surface area (Å²) in [5.74, 6) is -1.18. The van der Waals surface area contributed by atoms with Gasteiger partial charge in [0.25, 0.3) is 10.0 Å². The third-order valence-electron chi connectivity index (χ3n) is 5.99. The maximum absolute atomic E-state index is 13.8. The maximum Gasteiger partial charge on any atom is 0.264 e. The lowest BCUT2D eigenvalue weighted by atomic mass is 10.1. The summed E-state index contributed by atoms with van der Waals surface area (Å²) in [6, 6.07) is 14.3. The predicted molar refractivity (Wildman–Crippen MR) is 154 cm³/mol. The first-order chi connectivity index (χ1) is 19.0. The first-order valence-electron chi connectivity index (χ1n) is 12.5. The number of anilines is 1. The molecule has 0 aromatic heterocycles. The maximum atomic E-state index is 13.8. The second-order valence-electron chi connectivity index (χ2n) is 8.72. The number of nitrogens with one attached hydrogen (secondary N) is 1. The lowest BCUT2D eigenvalue weighted by molar-refractivity contribution is -0.139. The molecule has 0 bridgehead atoms. The Hall–Kier alpha value is -3.34. The van der Waals surface area contributed by atoms with Crippen molar-refractivity contribution < 1.29 is 27.1 Å². The van der Waals surface area contributed by atoms with Crippen LogP contribution in [0.25, 0.3) is 0 Å². The van der Waals surface area contributed by atoms with Crippen LogP contribution < -0.4 is 14.4 Å². The number of carbonyl (C=O) groups excluding carboxylic acids is 2. The first-order valence-corrected chi connectivity index (χ1v) is 14.7. The Kier molecular flexibility index (Phi) is 10.8. The normalized spacial score (nSPS) is 11.9. The summed E-state index contributed by atoms with van der Waals surface area (Å²) in [4.78, 5) is 27.7. The standard InChI is InChI=1S/C28H30Cl2FN3O5S/c1-4-32-28(36)19(3)33(17-20-6-7-21(29)16-26(20)30)27(35)18-34(23-10-12-24(13-11-23)39-5-2)40(37,38)25-14-8-22(31)9-15-25/h6-16,19H,4-5,17-18H2,1-3H3,(H,32,36). The van der Waals surface area contributed by atoms with Crippen molar-refractivity contribution in [2.24, 2.45) is 0 Å². The van der Waals surface area contributed by atoms with E-state index in [1.165, 1.54) is 23.1 Å². The Morgan fingerprint density at radius 2 is 1.65 bits per heavy atom. The minimum absolute atomic E-state index is 0.0825. The fourth-order valence-corrected chi connectivity index (χ4v) is 5.76. The molecule has 12 heteroatoms. The molecule has 2 amide bonds. The van der Waals surface area contributed by atoms with E-state index in [-0.39, 0.29) is 22.2 Å². The molecule has 214 valence electrons. The molecule has 3 aromatic rings. The van der Waals surface area contributed by atoms with Crippen LogP contribution in [-0.2, 0) is 26.2 Å². The minimum atomic E-state index is -4.33. The van der Waals surface area contributed by atoms with E-state index in [2.05, 4.69) is 5.32 Å². The zero-order valence-corrected chi connectivity index (χ0v) is 24.6. The Balaban J connectivity index is 2.05. The van der Waals surface area contributed by atoms with Crippen LogP contribution in [0.5, 0.6) is 5.75 Å². The molecule has 1 unspecified atom stereocenters. The molecule has 0 fully saturated rings. The van der Waals surface area contributed by atoms with E-state index in [4.69, 9.17) is 27.9 Å². The van der Waals surface area contributed by atoms with Gasteiger partial charge in [0.1, 0.15) is 24.2 Å². The highest BCUT2D eigenvalue weighted by atomic mass is 35.5. The number of hydrogen-bond donors (Lipinski definition) is 1. The zero-order chi connectivity index (χ0) is 29.4. The van der Waals surface area contributed by atoms with Crippen LogP contribution in [0.1, 0.15) is 26.3 Å². The van der Waals surface area contributed by atoms with E-state index in [9.17, 15) is 22.4 Å². The van der Waals surface area contributed by atoms with Crippen LogP contribution in [0, 0.1) is 5.82 Å². The Morgan fingerprint density at radius 1 is 1.00 bits per heavy atom. The topological polar surface area (TPSA) is 96.0 Å². The summed E-state index contributed by atoms with van der Waals surface area (Å²) in [6.07, 6.45) is 0. The van der Waals surface area contributed by atoms with Crippen LogP contribution >= 0.6 is 23.2 Å². The summed E-state index contributed by atoms with van der Waals surface area (Å²) in [7, 11) is -4.33. The van der Waals surface area contributed by atoms with Gasteiger partial charge in [-0.05, 0) is 87.0 Å². The molecule has 0 saturated carbocycles. The average Bonchev–Trinajstić information content (AvgIpc) is 2.92. The van der Waals surface area contributed by atoms with Crippen LogP contribution in [0.3, 0.4) is 0 Å². The zero-order valence-electron chi connectivity index (χ0n) is 22.2. The van der Waals surface area contributed by atoms with Gasteiger partial charge >= 0.3 is 0 Å². The van der Waals surface area contributed by atoms with Crippen molar-refractivity contribution in [1.29, 1.82) is 0 Å². The van der Waals surface area contributed by atoms with Gasteiger partial charge in [0, 0.05) is 23.1 Å². The molecule has 0 aliphatic carbocycles. The molecular weight excluding hydrogens is 580 g/mol. The van der Waals surface area contributed by atoms with Gasteiger partial charge < -0.3 is 15.0 Å². The second kappa shape index (κ2) is 13.8. The number of amides is 2. The molecule has 8 nitrogen and oxygen atoms in total. The number of rotatable bonds is 12. The van der Waals surface area contributed by atoms with Crippen LogP contribution in [-0.4, -0.2) is 50.9 Å². The van der Waals surface area contributed by atoms with Gasteiger partial charge in [-0.2, -0.15) is 0 Å². The summed E-state index contributed by atoms with van der Waals surface area (Å²) in [6.45, 7) is 5.12. The summed E-state index contributed by atoms with van der Waals surface area (Å²) in [5, 5.41) is 3.37. The highest BCUT2D eigenvalue weighted by Gasteiger charge is 2.32. The first kappa shape index (κ1) is 31.2. The van der Waals surface area contributed by atoms with E-state index in [1.54, 1.807) is 38.1 Å². The van der Waals surface area contributed by atoms with E-state index in [0.717, 1.165) is 28.6 Å². The smallest absolute Gasteiger partial charge is 0.264 e. The lowest BCUT2D eigenvalue weighted by Gasteiger charge is -2.32. The molecule has 0 aliphatic rings. The molecule has 0 aliphatic heterocycles. The fourth-order valence-electron chi connectivity index (χ4n) is 3.88. The Labute approximate surface area is 243 Å². The van der Waals surface area contributed by atoms with Gasteiger partial charge in [-0.3, -0.25) is 13.9 Å². The van der Waals surface area contributed by atoms with Crippen molar-refractivity contribution in [3.05, 3.63) is 88.2 Å². The number of hydrogen-bond acceptors (Lipinski definition) is 5. The third-order valence-corrected chi connectivity index (χ3v) is 8.37. The SMILES string of the molecule is CCNC(=O)C(C)N(Cc1ccc(Cl)cc1Cl)C(=O)CN(c1ccc(OCC)cc1)S(=O)(=O)c1ccc(F)cc1. The molecule has 1 atom stereocenters. The third kappa shape index (κ3) is 7.65. The van der Waals surface area contributed by atoms with Crippen molar-refractivity contribution in [2.45, 2.75) is 38.3 Å². The van der Waals surface area contributed by atoms with Gasteiger partial charge in [-0.1, -0.05) is 29.3 Å². The largest absolute Gasteiger partial charge is 0.494 e. The lowest BCUT2D eigenvalue weighted by Crippen LogP contribution is -2.51. The molecule has 0 heterocycles. The van der Waals surface area contributed by atoms with E-state index in [0.29, 0.717) is 29.5 Å². The van der Waals surface area contributed by atoms with E-state index >= 15 is 0 Å². The number of halogens is 3. The molecule has 40 heavy (non-hydrogen) atoms. The molecule has 3 rings (SSSR count). The fraction of sp³-hybridized carbons (Fsp3) is 0.286. The number of benzene rings is 3. The Morgan fingerprint density at radius 3 is 2.23 bits per heavy atom. The number of ether oxygens (including phenoxy) is 1. The average molecular weight is 611 g/mol. The van der Waals surface area contributed by atoms with Gasteiger partial charge in [0.15, 0.2) is 0 Å². The van der Waals surface area contributed by atoms with Gasteiger partial charge in [0.2, 0.25) is 11.8 Å². The monoisotopic (exact) mass is 609 g/mol. The summed E-state index contributed by atoms with van der Waals surface area (Å²) >= 11 is 12.4.